The lowest BCUT2D eigenvalue weighted by Gasteiger charge is -2.15. The summed E-state index contributed by atoms with van der Waals surface area (Å²) in [6.07, 6.45) is 2.43. The van der Waals surface area contributed by atoms with Gasteiger partial charge in [0.15, 0.2) is 5.82 Å². The van der Waals surface area contributed by atoms with Gasteiger partial charge in [-0.1, -0.05) is 35.0 Å². The second-order valence-electron chi connectivity index (χ2n) is 7.83. The molecule has 1 aliphatic rings. The van der Waals surface area contributed by atoms with Crippen LogP contribution in [0.4, 0.5) is 21.6 Å². The molecule has 8 heteroatoms. The maximum Gasteiger partial charge on any atom is 0.166 e. The molecular weight excluding hydrogens is 424 g/mol. The van der Waals surface area contributed by atoms with Crippen LogP contribution < -0.4 is 11.1 Å². The number of rotatable bonds is 2. The van der Waals surface area contributed by atoms with E-state index in [2.05, 4.69) is 46.0 Å². The van der Waals surface area contributed by atoms with Gasteiger partial charge in [0.05, 0.1) is 21.2 Å². The molecule has 1 fully saturated rings. The molecule has 4 rings (SSSR count). The molecule has 0 amide bonds. The lowest BCUT2D eigenvalue weighted by Crippen LogP contribution is -2.20. The first-order valence-corrected chi connectivity index (χ1v) is 10.2. The molecule has 0 radical (unpaired) electrons. The van der Waals surface area contributed by atoms with Crippen molar-refractivity contribution >= 4 is 51.3 Å². The zero-order chi connectivity index (χ0) is 21.5. The molecule has 0 spiro atoms. The van der Waals surface area contributed by atoms with Crippen molar-refractivity contribution in [3.8, 4) is 11.8 Å². The van der Waals surface area contributed by atoms with Crippen LogP contribution in [-0.4, -0.2) is 35.0 Å². The first-order chi connectivity index (χ1) is 14.3. The number of benzene rings is 2. The minimum Gasteiger partial charge on any atom is -0.398 e. The Bertz CT molecular complexity index is 1200. The van der Waals surface area contributed by atoms with Crippen molar-refractivity contribution in [1.82, 2.24) is 14.9 Å². The number of nitrogens with one attached hydrogen (secondary N) is 1. The van der Waals surface area contributed by atoms with Crippen molar-refractivity contribution in [2.24, 2.45) is 5.41 Å². The van der Waals surface area contributed by atoms with Gasteiger partial charge in [0.2, 0.25) is 0 Å². The molecule has 0 saturated carbocycles. The van der Waals surface area contributed by atoms with E-state index in [-0.39, 0.29) is 21.1 Å². The van der Waals surface area contributed by atoms with Crippen molar-refractivity contribution in [3.05, 3.63) is 52.0 Å². The van der Waals surface area contributed by atoms with Crippen LogP contribution in [-0.2, 0) is 0 Å². The zero-order valence-corrected chi connectivity index (χ0v) is 18.1. The molecule has 1 aliphatic heterocycles. The summed E-state index contributed by atoms with van der Waals surface area (Å²) < 4.78 is 14.4. The molecule has 3 aromatic rings. The fourth-order valence-electron chi connectivity index (χ4n) is 3.59. The summed E-state index contributed by atoms with van der Waals surface area (Å²) >= 11 is 11.8. The number of fused-ring (bicyclic) bond motifs is 1. The summed E-state index contributed by atoms with van der Waals surface area (Å²) in [5.74, 6) is 6.36. The number of likely N-dealkylation sites (tertiary alicyclic amines) is 1. The largest absolute Gasteiger partial charge is 0.398 e. The normalized spacial score (nSPS) is 19.0. The number of anilines is 3. The molecule has 1 unspecified atom stereocenters. The highest BCUT2D eigenvalue weighted by atomic mass is 35.5. The van der Waals surface area contributed by atoms with Crippen LogP contribution >= 0.6 is 23.2 Å². The lowest BCUT2D eigenvalue weighted by molar-refractivity contribution is 0.373. The fourth-order valence-corrected chi connectivity index (χ4v) is 3.90. The molecular formula is C22H20Cl2FN5. The van der Waals surface area contributed by atoms with Gasteiger partial charge in [-0.2, -0.15) is 0 Å². The SMILES string of the molecule is CN1CCC(C)(C#Cc2cc3ncnc(Nc4ccc(Cl)c(Cl)c4F)c3cc2N)C1. The third kappa shape index (κ3) is 4.01. The molecule has 5 nitrogen and oxygen atoms in total. The summed E-state index contributed by atoms with van der Waals surface area (Å²) in [6, 6.07) is 6.60. The van der Waals surface area contributed by atoms with E-state index in [4.69, 9.17) is 28.9 Å². The minimum absolute atomic E-state index is 0.0556. The van der Waals surface area contributed by atoms with Crippen molar-refractivity contribution in [1.29, 1.82) is 0 Å². The summed E-state index contributed by atoms with van der Waals surface area (Å²) in [5, 5.41) is 3.59. The first kappa shape index (κ1) is 20.7. The van der Waals surface area contributed by atoms with E-state index in [0.717, 1.165) is 19.5 Å². The number of nitrogen functional groups attached to an aromatic ring is 1. The maximum absolute atomic E-state index is 14.4. The Hall–Kier alpha value is -2.59. The van der Waals surface area contributed by atoms with Crippen LogP contribution in [0.3, 0.4) is 0 Å². The van der Waals surface area contributed by atoms with Gasteiger partial charge in [-0.15, -0.1) is 0 Å². The number of hydrogen-bond acceptors (Lipinski definition) is 5. The topological polar surface area (TPSA) is 67.1 Å². The Kier molecular flexibility index (Phi) is 5.46. The van der Waals surface area contributed by atoms with E-state index >= 15 is 0 Å². The van der Waals surface area contributed by atoms with E-state index in [0.29, 0.717) is 28.0 Å². The van der Waals surface area contributed by atoms with Crippen LogP contribution in [0.5, 0.6) is 0 Å². The first-order valence-electron chi connectivity index (χ1n) is 9.42. The van der Waals surface area contributed by atoms with E-state index in [1.165, 1.54) is 18.5 Å². The molecule has 2 heterocycles. The van der Waals surface area contributed by atoms with Crippen LogP contribution in [0, 0.1) is 23.1 Å². The Balaban J connectivity index is 1.70. The third-order valence-electron chi connectivity index (χ3n) is 5.26. The number of hydrogen-bond donors (Lipinski definition) is 2. The third-order valence-corrected chi connectivity index (χ3v) is 6.04. The minimum atomic E-state index is -0.652. The van der Waals surface area contributed by atoms with Crippen LogP contribution in [0.25, 0.3) is 10.9 Å². The molecule has 3 N–H and O–H groups in total. The van der Waals surface area contributed by atoms with Crippen molar-refractivity contribution in [3.63, 3.8) is 0 Å². The molecule has 30 heavy (non-hydrogen) atoms. The second-order valence-corrected chi connectivity index (χ2v) is 8.61. The summed E-state index contributed by atoms with van der Waals surface area (Å²) in [5.41, 5.74) is 8.25. The number of halogens is 3. The molecule has 0 aliphatic carbocycles. The van der Waals surface area contributed by atoms with Gasteiger partial charge in [0.1, 0.15) is 12.1 Å². The van der Waals surface area contributed by atoms with E-state index in [1.807, 2.05) is 6.07 Å². The average Bonchev–Trinajstić information content (AvgIpc) is 3.06. The van der Waals surface area contributed by atoms with Gasteiger partial charge in [-0.05, 0) is 51.2 Å². The molecule has 1 atom stereocenters. The monoisotopic (exact) mass is 443 g/mol. The smallest absolute Gasteiger partial charge is 0.166 e. The number of nitrogens with two attached hydrogens (primary N) is 1. The van der Waals surface area contributed by atoms with Crippen molar-refractivity contribution in [2.75, 3.05) is 31.2 Å². The quantitative estimate of drug-likeness (QED) is 0.327. The second kappa shape index (κ2) is 7.92. The van der Waals surface area contributed by atoms with Crippen LogP contribution in [0.1, 0.15) is 18.9 Å². The predicted molar refractivity (Wildman–Crippen MR) is 121 cm³/mol. The van der Waals surface area contributed by atoms with Gasteiger partial charge in [-0.25, -0.2) is 14.4 Å². The summed E-state index contributed by atoms with van der Waals surface area (Å²) in [6.45, 7) is 4.13. The molecule has 1 aromatic heterocycles. The van der Waals surface area contributed by atoms with E-state index in [9.17, 15) is 4.39 Å². The van der Waals surface area contributed by atoms with Crippen LogP contribution in [0.15, 0.2) is 30.6 Å². The zero-order valence-electron chi connectivity index (χ0n) is 16.6. The van der Waals surface area contributed by atoms with E-state index in [1.54, 1.807) is 6.07 Å². The van der Waals surface area contributed by atoms with Crippen molar-refractivity contribution in [2.45, 2.75) is 13.3 Å². The standard InChI is InChI=1S/C22H20Cl2FN5/c1-22(7-8-30(2)11-22)6-5-13-9-18-14(10-16(13)26)21(28-12-27-18)29-17-4-3-15(23)19(24)20(17)25/h3-4,9-10,12H,7-8,11,26H2,1-2H3,(H,27,28,29). The average molecular weight is 444 g/mol. The Morgan fingerprint density at radius 1 is 1.27 bits per heavy atom. The molecule has 2 aromatic carbocycles. The highest BCUT2D eigenvalue weighted by Crippen LogP contribution is 2.33. The lowest BCUT2D eigenvalue weighted by atomic mass is 9.90. The fraction of sp³-hybridized carbons (Fsp3) is 0.273. The van der Waals surface area contributed by atoms with Gasteiger partial charge in [0.25, 0.3) is 0 Å². The Morgan fingerprint density at radius 3 is 2.80 bits per heavy atom. The Morgan fingerprint density at radius 2 is 2.07 bits per heavy atom. The Labute approximate surface area is 184 Å². The predicted octanol–water partition coefficient (Wildman–Crippen LogP) is 5.09. The number of aromatic nitrogens is 2. The maximum atomic E-state index is 14.4. The van der Waals surface area contributed by atoms with Gasteiger partial charge >= 0.3 is 0 Å². The van der Waals surface area contributed by atoms with Gasteiger partial charge < -0.3 is 16.0 Å². The molecule has 0 bridgehead atoms. The molecule has 1 saturated heterocycles. The summed E-state index contributed by atoms with van der Waals surface area (Å²) in [7, 11) is 2.10. The van der Waals surface area contributed by atoms with E-state index < -0.39 is 5.82 Å². The summed E-state index contributed by atoms with van der Waals surface area (Å²) in [4.78, 5) is 10.8. The van der Waals surface area contributed by atoms with Gasteiger partial charge in [0, 0.05) is 28.6 Å². The number of nitrogens with zero attached hydrogens (tertiary/aromatic N) is 3. The molecule has 154 valence electrons. The highest BCUT2D eigenvalue weighted by molar-refractivity contribution is 6.42. The highest BCUT2D eigenvalue weighted by Gasteiger charge is 2.29. The van der Waals surface area contributed by atoms with Gasteiger partial charge in [-0.3, -0.25) is 0 Å². The van der Waals surface area contributed by atoms with Crippen molar-refractivity contribution < 1.29 is 4.39 Å². The van der Waals surface area contributed by atoms with Crippen LogP contribution in [0.2, 0.25) is 10.0 Å².